The number of fused-ring (bicyclic) bond motifs is 3. The molecule has 0 radical (unpaired) electrons. The van der Waals surface area contributed by atoms with Gasteiger partial charge in [0, 0.05) is 48.8 Å². The summed E-state index contributed by atoms with van der Waals surface area (Å²) in [7, 11) is 1.87. The van der Waals surface area contributed by atoms with Crippen molar-refractivity contribution in [3.8, 4) is 0 Å². The summed E-state index contributed by atoms with van der Waals surface area (Å²) in [5, 5.41) is 8.18. The Bertz CT molecular complexity index is 1490. The van der Waals surface area contributed by atoms with Gasteiger partial charge < -0.3 is 14.2 Å². The molecule has 3 aromatic rings. The standard InChI is InChI=1S/C30H31F4N5O2/c1-37-17-35-36-27(37)12-29(15-41-16-29)19-3-2-4-21(9-19)39-14-25-24(28(39)40)7-18(8-26(25)30(32,33)34)13-38-22-5-6-23(38)11-20(31)10-22/h2-4,7-9,17,20,22-23H,5-6,10-16H2,1H3. The number of benzene rings is 2. The lowest BCUT2D eigenvalue weighted by Gasteiger charge is -2.42. The van der Waals surface area contributed by atoms with Crippen molar-refractivity contribution < 1.29 is 27.1 Å². The molecule has 7 nitrogen and oxygen atoms in total. The van der Waals surface area contributed by atoms with Crippen molar-refractivity contribution in [3.63, 3.8) is 0 Å². The van der Waals surface area contributed by atoms with Crippen molar-refractivity contribution in [1.82, 2.24) is 19.7 Å². The number of carbonyl (C=O) groups excluding carboxylic acids is 1. The molecule has 3 fully saturated rings. The maximum Gasteiger partial charge on any atom is 0.416 e. The fraction of sp³-hybridized carbons (Fsp3) is 0.500. The zero-order valence-electron chi connectivity index (χ0n) is 22.7. The van der Waals surface area contributed by atoms with Crippen LogP contribution in [-0.2, 0) is 42.9 Å². The summed E-state index contributed by atoms with van der Waals surface area (Å²) in [5.41, 5.74) is 0.904. The highest BCUT2D eigenvalue weighted by atomic mass is 19.4. The number of halogens is 4. The third-order valence-corrected chi connectivity index (χ3v) is 9.43. The first-order valence-corrected chi connectivity index (χ1v) is 14.1. The van der Waals surface area contributed by atoms with Gasteiger partial charge in [-0.1, -0.05) is 12.1 Å². The van der Waals surface area contributed by atoms with E-state index in [4.69, 9.17) is 4.74 Å². The number of piperidine rings is 1. The number of amides is 1. The first-order chi connectivity index (χ1) is 19.6. The maximum atomic E-state index is 14.3. The van der Waals surface area contributed by atoms with Crippen molar-refractivity contribution in [1.29, 1.82) is 0 Å². The molecule has 2 bridgehead atoms. The minimum Gasteiger partial charge on any atom is -0.379 e. The van der Waals surface area contributed by atoms with Crippen molar-refractivity contribution >= 4 is 11.6 Å². The summed E-state index contributed by atoms with van der Waals surface area (Å²) >= 11 is 0. The Morgan fingerprint density at radius 1 is 1.10 bits per heavy atom. The van der Waals surface area contributed by atoms with Gasteiger partial charge in [-0.2, -0.15) is 13.2 Å². The summed E-state index contributed by atoms with van der Waals surface area (Å²) in [6.45, 7) is 1.07. The van der Waals surface area contributed by atoms with E-state index >= 15 is 0 Å². The fourth-order valence-corrected chi connectivity index (χ4v) is 7.19. The van der Waals surface area contributed by atoms with Crippen molar-refractivity contribution in [3.05, 3.63) is 76.4 Å². The molecule has 5 heterocycles. The largest absolute Gasteiger partial charge is 0.416 e. The van der Waals surface area contributed by atoms with Crippen LogP contribution in [0.4, 0.5) is 23.2 Å². The highest BCUT2D eigenvalue weighted by molar-refractivity contribution is 6.10. The first kappa shape index (κ1) is 26.6. The predicted molar refractivity (Wildman–Crippen MR) is 142 cm³/mol. The number of hydrogen-bond donors (Lipinski definition) is 0. The van der Waals surface area contributed by atoms with Crippen LogP contribution in [0.1, 0.15) is 64.1 Å². The lowest BCUT2D eigenvalue weighted by Crippen LogP contribution is -2.49. The number of ether oxygens (including phenoxy) is 1. The number of aryl methyl sites for hydroxylation is 1. The number of aromatic nitrogens is 3. The minimum absolute atomic E-state index is 0.00265. The molecule has 3 saturated heterocycles. The Labute approximate surface area is 235 Å². The molecule has 0 spiro atoms. The van der Waals surface area contributed by atoms with Gasteiger partial charge in [-0.15, -0.1) is 10.2 Å². The predicted octanol–water partition coefficient (Wildman–Crippen LogP) is 4.97. The average Bonchev–Trinajstić information content (AvgIpc) is 3.54. The molecule has 216 valence electrons. The topological polar surface area (TPSA) is 63.5 Å². The lowest BCUT2D eigenvalue weighted by molar-refractivity contribution is -0.138. The molecule has 1 aromatic heterocycles. The average molecular weight is 570 g/mol. The van der Waals surface area contributed by atoms with Crippen LogP contribution in [0.2, 0.25) is 0 Å². The lowest BCUT2D eigenvalue weighted by atomic mass is 9.75. The Morgan fingerprint density at radius 3 is 2.49 bits per heavy atom. The van der Waals surface area contributed by atoms with Crippen LogP contribution in [-0.4, -0.2) is 57.0 Å². The van der Waals surface area contributed by atoms with E-state index < -0.39 is 23.8 Å². The SMILES string of the molecule is Cn1cnnc1CC1(c2cccc(N3Cc4c(cc(CN5C6CCC5CC(F)C6)cc4C(F)(F)F)C3=O)c2)COC1. The third kappa shape index (κ3) is 4.53. The van der Waals surface area contributed by atoms with Gasteiger partial charge in [0.15, 0.2) is 0 Å². The van der Waals surface area contributed by atoms with E-state index in [2.05, 4.69) is 15.1 Å². The van der Waals surface area contributed by atoms with Crippen LogP contribution in [0.3, 0.4) is 0 Å². The molecule has 0 aliphatic carbocycles. The Hall–Kier alpha value is -3.31. The van der Waals surface area contributed by atoms with E-state index in [1.807, 2.05) is 29.8 Å². The second-order valence-corrected chi connectivity index (χ2v) is 12.0. The van der Waals surface area contributed by atoms with E-state index in [1.54, 1.807) is 18.5 Å². The van der Waals surface area contributed by atoms with Crippen molar-refractivity contribution in [2.45, 2.75) is 75.0 Å². The van der Waals surface area contributed by atoms with Gasteiger partial charge in [-0.3, -0.25) is 9.69 Å². The van der Waals surface area contributed by atoms with Crippen LogP contribution < -0.4 is 4.90 Å². The molecular formula is C30H31F4N5O2. The fourth-order valence-electron chi connectivity index (χ4n) is 7.19. The molecule has 4 aliphatic heterocycles. The molecule has 1 amide bonds. The minimum atomic E-state index is -4.60. The summed E-state index contributed by atoms with van der Waals surface area (Å²) in [6, 6.07) is 10.3. The van der Waals surface area contributed by atoms with Crippen LogP contribution in [0.25, 0.3) is 0 Å². The van der Waals surface area contributed by atoms with Crippen molar-refractivity contribution in [2.24, 2.45) is 7.05 Å². The second-order valence-electron chi connectivity index (χ2n) is 12.0. The van der Waals surface area contributed by atoms with E-state index in [0.29, 0.717) is 43.7 Å². The highest BCUT2D eigenvalue weighted by Crippen LogP contribution is 2.43. The van der Waals surface area contributed by atoms with Gasteiger partial charge >= 0.3 is 6.18 Å². The maximum absolute atomic E-state index is 14.3. The van der Waals surface area contributed by atoms with Gasteiger partial charge in [0.25, 0.3) is 5.91 Å². The molecule has 4 aliphatic rings. The van der Waals surface area contributed by atoms with E-state index in [9.17, 15) is 22.4 Å². The Morgan fingerprint density at radius 2 is 1.85 bits per heavy atom. The third-order valence-electron chi connectivity index (χ3n) is 9.43. The quantitative estimate of drug-likeness (QED) is 0.393. The van der Waals surface area contributed by atoms with Crippen LogP contribution in [0.15, 0.2) is 42.7 Å². The molecule has 41 heavy (non-hydrogen) atoms. The molecule has 11 heteroatoms. The summed E-state index contributed by atoms with van der Waals surface area (Å²) in [6.07, 6.45) is -0.690. The van der Waals surface area contributed by atoms with E-state index in [0.717, 1.165) is 24.2 Å². The molecule has 2 unspecified atom stereocenters. The molecule has 0 saturated carbocycles. The molecule has 2 atom stereocenters. The Kier molecular flexibility index (Phi) is 6.24. The number of nitrogens with zero attached hydrogens (tertiary/aromatic N) is 5. The monoisotopic (exact) mass is 569 g/mol. The van der Waals surface area contributed by atoms with Crippen molar-refractivity contribution in [2.75, 3.05) is 18.1 Å². The summed E-state index contributed by atoms with van der Waals surface area (Å²) in [4.78, 5) is 17.3. The molecule has 2 aromatic carbocycles. The molecular weight excluding hydrogens is 538 g/mol. The molecule has 0 N–H and O–H groups in total. The summed E-state index contributed by atoms with van der Waals surface area (Å²) < 4.78 is 64.6. The van der Waals surface area contributed by atoms with E-state index in [-0.39, 0.29) is 41.7 Å². The smallest absolute Gasteiger partial charge is 0.379 e. The highest BCUT2D eigenvalue weighted by Gasteiger charge is 2.45. The number of anilines is 1. The molecule has 7 rings (SSSR count). The first-order valence-electron chi connectivity index (χ1n) is 14.1. The zero-order valence-corrected chi connectivity index (χ0v) is 22.7. The van der Waals surface area contributed by atoms with Gasteiger partial charge in [-0.25, -0.2) is 4.39 Å². The van der Waals surface area contributed by atoms with Gasteiger partial charge in [0.2, 0.25) is 0 Å². The number of carbonyl (C=O) groups is 1. The zero-order chi connectivity index (χ0) is 28.5. The normalized spacial score (nSPS) is 25.4. The number of hydrogen-bond acceptors (Lipinski definition) is 5. The number of rotatable bonds is 6. The van der Waals surface area contributed by atoms with E-state index in [1.165, 1.54) is 11.0 Å². The van der Waals surface area contributed by atoms with Gasteiger partial charge in [-0.05, 0) is 66.6 Å². The number of alkyl halides is 4. The second kappa shape index (κ2) is 9.62. The Balaban J connectivity index is 1.19. The van der Waals surface area contributed by atoms with Crippen LogP contribution in [0.5, 0.6) is 0 Å². The summed E-state index contributed by atoms with van der Waals surface area (Å²) in [5.74, 6) is 0.358. The van der Waals surface area contributed by atoms with Gasteiger partial charge in [0.05, 0.1) is 25.3 Å². The van der Waals surface area contributed by atoms with Gasteiger partial charge in [0.1, 0.15) is 18.3 Å². The van der Waals surface area contributed by atoms with Crippen LogP contribution in [0, 0.1) is 0 Å². The van der Waals surface area contributed by atoms with Crippen LogP contribution >= 0.6 is 0 Å².